The number of fused-ring (bicyclic) bond motifs is 7. The molecule has 5 rings (SSSR count). The Balaban J connectivity index is 2.10. The van der Waals surface area contributed by atoms with E-state index in [9.17, 15) is 0 Å². The quantitative estimate of drug-likeness (QED) is 0.340. The highest BCUT2D eigenvalue weighted by molar-refractivity contribution is 7.26. The van der Waals surface area contributed by atoms with Crippen molar-refractivity contribution in [3.63, 3.8) is 0 Å². The number of rotatable bonds is 0. The normalized spacial score (nSPS) is 12.0. The van der Waals surface area contributed by atoms with Crippen molar-refractivity contribution < 1.29 is 4.42 Å². The predicted octanol–water partition coefficient (Wildman–Crippen LogP) is 5.95. The molecule has 2 aromatic heterocycles. The molecule has 0 radical (unpaired) electrons. The van der Waals surface area contributed by atoms with Crippen LogP contribution in [0.3, 0.4) is 0 Å². The highest BCUT2D eigenvalue weighted by Crippen LogP contribution is 2.41. The smallest absolute Gasteiger partial charge is 0.153 e. The van der Waals surface area contributed by atoms with Crippen LogP contribution in [-0.4, -0.2) is 0 Å². The fourth-order valence-corrected chi connectivity index (χ4v) is 4.15. The molecule has 0 unspecified atom stereocenters. The van der Waals surface area contributed by atoms with E-state index >= 15 is 0 Å². The van der Waals surface area contributed by atoms with Gasteiger partial charge in [-0.1, -0.05) is 42.5 Å². The molecule has 2 heteroatoms. The van der Waals surface area contributed by atoms with Gasteiger partial charge in [-0.3, -0.25) is 0 Å². The number of benzene rings is 3. The molecule has 20 heavy (non-hydrogen) atoms. The first-order valence-corrected chi connectivity index (χ1v) is 7.45. The van der Waals surface area contributed by atoms with Crippen molar-refractivity contribution in [3.8, 4) is 0 Å². The van der Waals surface area contributed by atoms with Crippen LogP contribution in [0.25, 0.3) is 42.1 Å². The summed E-state index contributed by atoms with van der Waals surface area (Å²) in [6.07, 6.45) is 0. The van der Waals surface area contributed by atoms with E-state index in [4.69, 9.17) is 4.42 Å². The van der Waals surface area contributed by atoms with Gasteiger partial charge in [0.15, 0.2) is 5.58 Å². The third-order valence-electron chi connectivity index (χ3n) is 3.89. The summed E-state index contributed by atoms with van der Waals surface area (Å²) in [6.45, 7) is 0. The summed E-state index contributed by atoms with van der Waals surface area (Å²) in [7, 11) is 0. The van der Waals surface area contributed by atoms with Crippen LogP contribution in [0, 0.1) is 0 Å². The van der Waals surface area contributed by atoms with Gasteiger partial charge < -0.3 is 4.42 Å². The summed E-state index contributed by atoms with van der Waals surface area (Å²) in [5.74, 6) is 0. The third kappa shape index (κ3) is 1.22. The van der Waals surface area contributed by atoms with Crippen molar-refractivity contribution >= 4 is 53.4 Å². The minimum atomic E-state index is 0.965. The zero-order chi connectivity index (χ0) is 13.1. The highest BCUT2D eigenvalue weighted by atomic mass is 32.1. The van der Waals surface area contributed by atoms with Crippen LogP contribution in [0.5, 0.6) is 0 Å². The van der Waals surface area contributed by atoms with E-state index in [1.165, 1.54) is 30.9 Å². The average Bonchev–Trinajstić information content (AvgIpc) is 3.05. The zero-order valence-electron chi connectivity index (χ0n) is 10.6. The summed E-state index contributed by atoms with van der Waals surface area (Å²) in [6, 6.07) is 21.2. The molecular weight excluding hydrogens is 264 g/mol. The standard InChI is InChI=1S/C18H10OS/c1-3-7-15-11(5-1)13-9-10-14-12-6-2-4-8-16(12)20-18(14)17(13)19-15/h1-10H. The lowest BCUT2D eigenvalue weighted by molar-refractivity contribution is 0.673. The van der Waals surface area contributed by atoms with Gasteiger partial charge in [-0.15, -0.1) is 11.3 Å². The zero-order valence-corrected chi connectivity index (χ0v) is 11.4. The second-order valence-electron chi connectivity index (χ2n) is 5.02. The Morgan fingerprint density at radius 1 is 0.650 bits per heavy atom. The van der Waals surface area contributed by atoms with Gasteiger partial charge in [0, 0.05) is 26.2 Å². The van der Waals surface area contributed by atoms with Gasteiger partial charge in [-0.25, -0.2) is 0 Å². The van der Waals surface area contributed by atoms with Crippen molar-refractivity contribution in [1.82, 2.24) is 0 Å². The third-order valence-corrected chi connectivity index (χ3v) is 5.08. The van der Waals surface area contributed by atoms with Crippen LogP contribution >= 0.6 is 11.3 Å². The molecule has 5 aromatic rings. The van der Waals surface area contributed by atoms with E-state index in [1.54, 1.807) is 0 Å². The molecule has 0 atom stereocenters. The number of hydrogen-bond acceptors (Lipinski definition) is 2. The van der Waals surface area contributed by atoms with Gasteiger partial charge in [0.25, 0.3) is 0 Å². The predicted molar refractivity (Wildman–Crippen MR) is 86.6 cm³/mol. The SMILES string of the molecule is c1ccc2c(c1)oc1c2ccc2c3ccccc3sc21. The molecule has 2 heterocycles. The summed E-state index contributed by atoms with van der Waals surface area (Å²) in [5.41, 5.74) is 1.98. The molecule has 0 aliphatic carbocycles. The van der Waals surface area contributed by atoms with E-state index in [1.807, 2.05) is 23.5 Å². The first-order valence-electron chi connectivity index (χ1n) is 6.63. The molecular formula is C18H10OS. The van der Waals surface area contributed by atoms with Gasteiger partial charge in [0.1, 0.15) is 5.58 Å². The Morgan fingerprint density at radius 3 is 2.35 bits per heavy atom. The maximum atomic E-state index is 6.11. The summed E-state index contributed by atoms with van der Waals surface area (Å²) >= 11 is 1.81. The average molecular weight is 274 g/mol. The Labute approximate surface area is 119 Å². The molecule has 0 N–H and O–H groups in total. The Hall–Kier alpha value is -2.32. The minimum absolute atomic E-state index is 0.965. The van der Waals surface area contributed by atoms with Gasteiger partial charge in [-0.2, -0.15) is 0 Å². The molecule has 0 amide bonds. The lowest BCUT2D eigenvalue weighted by atomic mass is 10.1. The van der Waals surface area contributed by atoms with Crippen LogP contribution in [0.4, 0.5) is 0 Å². The van der Waals surface area contributed by atoms with E-state index in [-0.39, 0.29) is 0 Å². The lowest BCUT2D eigenvalue weighted by Crippen LogP contribution is -1.67. The fraction of sp³-hybridized carbons (Fsp3) is 0. The Kier molecular flexibility index (Phi) is 1.89. The van der Waals surface area contributed by atoms with Gasteiger partial charge >= 0.3 is 0 Å². The van der Waals surface area contributed by atoms with Crippen molar-refractivity contribution in [3.05, 3.63) is 60.7 Å². The molecule has 0 saturated carbocycles. The number of para-hydroxylation sites is 1. The molecule has 3 aromatic carbocycles. The van der Waals surface area contributed by atoms with Crippen LogP contribution in [-0.2, 0) is 0 Å². The highest BCUT2D eigenvalue weighted by Gasteiger charge is 2.13. The van der Waals surface area contributed by atoms with Crippen LogP contribution in [0.2, 0.25) is 0 Å². The largest absolute Gasteiger partial charge is 0.455 e. The van der Waals surface area contributed by atoms with Crippen molar-refractivity contribution in [2.75, 3.05) is 0 Å². The van der Waals surface area contributed by atoms with Crippen LogP contribution in [0.15, 0.2) is 65.1 Å². The number of thiophene rings is 1. The van der Waals surface area contributed by atoms with Crippen molar-refractivity contribution in [2.45, 2.75) is 0 Å². The van der Waals surface area contributed by atoms with Crippen molar-refractivity contribution in [2.24, 2.45) is 0 Å². The fourth-order valence-electron chi connectivity index (χ4n) is 2.97. The Morgan fingerprint density at radius 2 is 1.40 bits per heavy atom. The van der Waals surface area contributed by atoms with Gasteiger partial charge in [-0.05, 0) is 18.2 Å². The molecule has 0 aliphatic rings. The molecule has 0 saturated heterocycles. The van der Waals surface area contributed by atoms with Gasteiger partial charge in [0.2, 0.25) is 0 Å². The van der Waals surface area contributed by atoms with Crippen LogP contribution < -0.4 is 0 Å². The van der Waals surface area contributed by atoms with Crippen LogP contribution in [0.1, 0.15) is 0 Å². The molecule has 94 valence electrons. The van der Waals surface area contributed by atoms with Crippen molar-refractivity contribution in [1.29, 1.82) is 0 Å². The summed E-state index contributed by atoms with van der Waals surface area (Å²) in [5, 5.41) is 5.01. The number of furan rings is 1. The first kappa shape index (κ1) is 10.5. The molecule has 0 spiro atoms. The second kappa shape index (κ2) is 3.62. The topological polar surface area (TPSA) is 13.1 Å². The maximum Gasteiger partial charge on any atom is 0.153 e. The second-order valence-corrected chi connectivity index (χ2v) is 6.07. The summed E-state index contributed by atoms with van der Waals surface area (Å²) < 4.78 is 8.67. The first-order chi connectivity index (χ1) is 9.92. The minimum Gasteiger partial charge on any atom is -0.455 e. The Bertz CT molecular complexity index is 1010. The molecule has 0 fully saturated rings. The summed E-state index contributed by atoms with van der Waals surface area (Å²) in [4.78, 5) is 0. The maximum absolute atomic E-state index is 6.11. The van der Waals surface area contributed by atoms with E-state index in [2.05, 4.69) is 48.5 Å². The van der Waals surface area contributed by atoms with Gasteiger partial charge in [0.05, 0.1) is 4.70 Å². The molecule has 1 nitrogen and oxygen atoms in total. The molecule has 0 bridgehead atoms. The van der Waals surface area contributed by atoms with E-state index in [0.717, 1.165) is 11.2 Å². The lowest BCUT2D eigenvalue weighted by Gasteiger charge is -1.92. The molecule has 0 aliphatic heterocycles. The monoisotopic (exact) mass is 274 g/mol. The van der Waals surface area contributed by atoms with E-state index < -0.39 is 0 Å². The van der Waals surface area contributed by atoms with E-state index in [0.29, 0.717) is 0 Å². The number of hydrogen-bond donors (Lipinski definition) is 0.